The number of hydrogen-bond donors (Lipinski definition) is 1. The van der Waals surface area contributed by atoms with E-state index in [2.05, 4.69) is 39.0 Å². The molecule has 1 N–H and O–H groups in total. The van der Waals surface area contributed by atoms with E-state index in [4.69, 9.17) is 0 Å². The van der Waals surface area contributed by atoms with E-state index in [0.717, 1.165) is 25.7 Å². The Hall–Kier alpha value is -0.820. The van der Waals surface area contributed by atoms with Gasteiger partial charge >= 0.3 is 0 Å². The molecule has 1 aromatic rings. The minimum Gasteiger partial charge on any atom is -0.388 e. The van der Waals surface area contributed by atoms with Gasteiger partial charge in [-0.05, 0) is 47.8 Å². The number of rotatable bonds is 2. The van der Waals surface area contributed by atoms with E-state index in [0.29, 0.717) is 0 Å². The highest BCUT2D eigenvalue weighted by Gasteiger charge is 2.23. The average Bonchev–Trinajstić information content (AvgIpc) is 2.29. The number of hydrogen-bond acceptors (Lipinski definition) is 1. The minimum atomic E-state index is -0.239. The van der Waals surface area contributed by atoms with Gasteiger partial charge in [-0.2, -0.15) is 0 Å². The lowest BCUT2D eigenvalue weighted by Crippen LogP contribution is -2.18. The molecule has 2 rings (SSSR count). The number of aliphatic hydroxyl groups excluding tert-OH is 1. The van der Waals surface area contributed by atoms with Crippen molar-refractivity contribution in [1.29, 1.82) is 0 Å². The molecule has 88 valence electrons. The molecule has 0 bridgehead atoms. The maximum Gasteiger partial charge on any atom is 0.0792 e. The molecule has 1 nitrogen and oxygen atoms in total. The monoisotopic (exact) mass is 218 g/mol. The van der Waals surface area contributed by atoms with E-state index >= 15 is 0 Å². The van der Waals surface area contributed by atoms with Gasteiger partial charge in [-0.1, -0.05) is 39.0 Å². The fourth-order valence-corrected chi connectivity index (χ4v) is 2.40. The summed E-state index contributed by atoms with van der Waals surface area (Å²) in [6.45, 7) is 6.75. The molecular formula is C15H22O. The lowest BCUT2D eigenvalue weighted by Gasteiger charge is -2.28. The van der Waals surface area contributed by atoms with Crippen molar-refractivity contribution in [2.24, 2.45) is 0 Å². The second-order valence-corrected chi connectivity index (χ2v) is 5.56. The third-order valence-corrected chi connectivity index (χ3v) is 4.09. The number of aryl methyl sites for hydroxylation is 1. The molecule has 0 spiro atoms. The molecule has 1 aromatic carbocycles. The maximum absolute atomic E-state index is 10.0. The summed E-state index contributed by atoms with van der Waals surface area (Å²) < 4.78 is 0. The molecule has 16 heavy (non-hydrogen) atoms. The first-order valence-corrected chi connectivity index (χ1v) is 6.36. The van der Waals surface area contributed by atoms with Crippen molar-refractivity contribution in [3.63, 3.8) is 0 Å². The molecule has 0 amide bonds. The summed E-state index contributed by atoms with van der Waals surface area (Å²) in [6, 6.07) is 6.67. The molecule has 0 saturated heterocycles. The second-order valence-electron chi connectivity index (χ2n) is 5.56. The molecule has 1 atom stereocenters. The van der Waals surface area contributed by atoms with E-state index in [-0.39, 0.29) is 11.5 Å². The van der Waals surface area contributed by atoms with Gasteiger partial charge in [0.2, 0.25) is 0 Å². The molecule has 1 heteroatoms. The number of fused-ring (bicyclic) bond motifs is 1. The molecule has 0 aliphatic heterocycles. The first kappa shape index (κ1) is 11.7. The highest BCUT2D eigenvalue weighted by molar-refractivity contribution is 5.38. The van der Waals surface area contributed by atoms with Crippen LogP contribution in [0.15, 0.2) is 18.2 Å². The second kappa shape index (κ2) is 4.21. The lowest BCUT2D eigenvalue weighted by molar-refractivity contribution is 0.156. The van der Waals surface area contributed by atoms with Crippen LogP contribution >= 0.6 is 0 Å². The van der Waals surface area contributed by atoms with Gasteiger partial charge in [0, 0.05) is 0 Å². The standard InChI is InChI=1S/C15H22O/c1-4-15(2,3)12-9-8-11-6-5-7-14(16)13(11)10-12/h8-10,14,16H,4-7H2,1-3H3/t14-/m1/s1. The van der Waals surface area contributed by atoms with E-state index in [1.807, 2.05) is 0 Å². The summed E-state index contributed by atoms with van der Waals surface area (Å²) in [5.74, 6) is 0. The van der Waals surface area contributed by atoms with Gasteiger partial charge in [-0.25, -0.2) is 0 Å². The number of benzene rings is 1. The topological polar surface area (TPSA) is 20.2 Å². The third-order valence-electron chi connectivity index (χ3n) is 4.09. The van der Waals surface area contributed by atoms with Crippen LogP contribution in [0.25, 0.3) is 0 Å². The van der Waals surface area contributed by atoms with Gasteiger partial charge in [0.1, 0.15) is 0 Å². The molecule has 0 unspecified atom stereocenters. The predicted molar refractivity (Wildman–Crippen MR) is 67.7 cm³/mol. The molecule has 1 aliphatic carbocycles. The smallest absolute Gasteiger partial charge is 0.0792 e. The Morgan fingerprint density at radius 1 is 1.38 bits per heavy atom. The Morgan fingerprint density at radius 3 is 2.81 bits per heavy atom. The zero-order chi connectivity index (χ0) is 11.8. The quantitative estimate of drug-likeness (QED) is 0.801. The van der Waals surface area contributed by atoms with Crippen LogP contribution in [0.1, 0.15) is 62.8 Å². The van der Waals surface area contributed by atoms with Crippen LogP contribution in [0.5, 0.6) is 0 Å². The summed E-state index contributed by atoms with van der Waals surface area (Å²) in [6.07, 6.45) is 4.05. The fourth-order valence-electron chi connectivity index (χ4n) is 2.40. The normalized spacial score (nSPS) is 20.6. The van der Waals surface area contributed by atoms with Gasteiger partial charge in [-0.15, -0.1) is 0 Å². The molecule has 0 radical (unpaired) electrons. The van der Waals surface area contributed by atoms with Crippen molar-refractivity contribution >= 4 is 0 Å². The van der Waals surface area contributed by atoms with Gasteiger partial charge in [-0.3, -0.25) is 0 Å². The summed E-state index contributed by atoms with van der Waals surface area (Å²) in [4.78, 5) is 0. The van der Waals surface area contributed by atoms with Gasteiger partial charge in [0.15, 0.2) is 0 Å². The van der Waals surface area contributed by atoms with Crippen LogP contribution in [0.2, 0.25) is 0 Å². The first-order valence-electron chi connectivity index (χ1n) is 6.36. The molecule has 0 heterocycles. The van der Waals surface area contributed by atoms with Crippen molar-refractivity contribution in [1.82, 2.24) is 0 Å². The Labute approximate surface area is 98.5 Å². The van der Waals surface area contributed by atoms with Gasteiger partial charge < -0.3 is 5.11 Å². The zero-order valence-corrected chi connectivity index (χ0v) is 10.6. The van der Waals surface area contributed by atoms with E-state index in [1.165, 1.54) is 16.7 Å². The zero-order valence-electron chi connectivity index (χ0n) is 10.6. The largest absolute Gasteiger partial charge is 0.388 e. The van der Waals surface area contributed by atoms with E-state index in [1.54, 1.807) is 0 Å². The molecule has 0 aromatic heterocycles. The van der Waals surface area contributed by atoms with E-state index < -0.39 is 0 Å². The van der Waals surface area contributed by atoms with Gasteiger partial charge in [0.25, 0.3) is 0 Å². The van der Waals surface area contributed by atoms with Crippen molar-refractivity contribution < 1.29 is 5.11 Å². The van der Waals surface area contributed by atoms with Crippen molar-refractivity contribution in [3.8, 4) is 0 Å². The van der Waals surface area contributed by atoms with Crippen molar-refractivity contribution in [2.45, 2.75) is 58.0 Å². The Morgan fingerprint density at radius 2 is 2.12 bits per heavy atom. The number of aliphatic hydroxyl groups is 1. The van der Waals surface area contributed by atoms with Crippen LogP contribution in [0, 0.1) is 0 Å². The summed E-state index contributed by atoms with van der Waals surface area (Å²) >= 11 is 0. The predicted octanol–water partition coefficient (Wildman–Crippen LogP) is 3.74. The minimum absolute atomic E-state index is 0.214. The molecular weight excluding hydrogens is 196 g/mol. The van der Waals surface area contributed by atoms with Crippen LogP contribution in [0.3, 0.4) is 0 Å². The first-order chi connectivity index (χ1) is 7.54. The molecule has 1 aliphatic rings. The summed E-state index contributed by atoms with van der Waals surface area (Å²) in [7, 11) is 0. The maximum atomic E-state index is 10.0. The highest BCUT2D eigenvalue weighted by atomic mass is 16.3. The summed E-state index contributed by atoms with van der Waals surface area (Å²) in [5, 5.41) is 10.0. The van der Waals surface area contributed by atoms with Crippen LogP contribution in [-0.4, -0.2) is 5.11 Å². The third kappa shape index (κ3) is 2.01. The fraction of sp³-hybridized carbons (Fsp3) is 0.600. The van der Waals surface area contributed by atoms with Gasteiger partial charge in [0.05, 0.1) is 6.10 Å². The van der Waals surface area contributed by atoms with Crippen molar-refractivity contribution in [2.75, 3.05) is 0 Å². The van der Waals surface area contributed by atoms with Crippen LogP contribution < -0.4 is 0 Å². The SMILES string of the molecule is CCC(C)(C)c1ccc2c(c1)[C@H](O)CCC2. The van der Waals surface area contributed by atoms with Crippen molar-refractivity contribution in [3.05, 3.63) is 34.9 Å². The molecule has 0 saturated carbocycles. The van der Waals surface area contributed by atoms with Crippen LogP contribution in [0.4, 0.5) is 0 Å². The van der Waals surface area contributed by atoms with Crippen LogP contribution in [-0.2, 0) is 11.8 Å². The Balaban J connectivity index is 2.41. The lowest BCUT2D eigenvalue weighted by atomic mass is 9.79. The van der Waals surface area contributed by atoms with E-state index in [9.17, 15) is 5.11 Å². The Bertz CT molecular complexity index is 379. The highest BCUT2D eigenvalue weighted by Crippen LogP contribution is 2.34. The Kier molecular flexibility index (Phi) is 3.07. The average molecular weight is 218 g/mol. The summed E-state index contributed by atoms with van der Waals surface area (Å²) in [5.41, 5.74) is 4.08. The molecule has 0 fully saturated rings.